The van der Waals surface area contributed by atoms with Gasteiger partial charge < -0.3 is 15.5 Å². The number of alkyl halides is 3. The Kier molecular flexibility index (Phi) is 5.90. The second-order valence-corrected chi connectivity index (χ2v) is 7.56. The van der Waals surface area contributed by atoms with Gasteiger partial charge in [-0.25, -0.2) is 0 Å². The standard InChI is InChI=1S/C25H22F3N3O/c1-2-24(32)30-19-15-21-22(29-18-7-4-3-5-8-18)9-6-10-23(21)31(16-19)20-13-11-17(12-14-20)25(26,27)28/h2-14,19,29H,1,15-16H2,(H,30,32). The molecule has 1 aliphatic rings. The zero-order chi connectivity index (χ0) is 22.7. The third-order valence-corrected chi connectivity index (χ3v) is 5.39. The van der Waals surface area contributed by atoms with Crippen molar-refractivity contribution in [1.29, 1.82) is 0 Å². The average Bonchev–Trinajstić information content (AvgIpc) is 2.79. The van der Waals surface area contributed by atoms with Gasteiger partial charge in [-0.15, -0.1) is 0 Å². The predicted molar refractivity (Wildman–Crippen MR) is 120 cm³/mol. The van der Waals surface area contributed by atoms with Crippen LogP contribution in [0.15, 0.2) is 85.5 Å². The van der Waals surface area contributed by atoms with Crippen LogP contribution >= 0.6 is 0 Å². The number of fused-ring (bicyclic) bond motifs is 1. The summed E-state index contributed by atoms with van der Waals surface area (Å²) in [4.78, 5) is 13.9. The SMILES string of the molecule is C=CC(=O)NC1Cc2c(Nc3ccccc3)cccc2N(c2ccc(C(F)(F)F)cc2)C1. The molecular formula is C25H22F3N3O. The molecule has 7 heteroatoms. The smallest absolute Gasteiger partial charge is 0.355 e. The molecule has 0 aromatic heterocycles. The van der Waals surface area contributed by atoms with Gasteiger partial charge in [0.25, 0.3) is 0 Å². The zero-order valence-electron chi connectivity index (χ0n) is 17.2. The molecule has 4 nitrogen and oxygen atoms in total. The number of nitrogens with one attached hydrogen (secondary N) is 2. The van der Waals surface area contributed by atoms with Gasteiger partial charge in [0.05, 0.1) is 11.6 Å². The summed E-state index contributed by atoms with van der Waals surface area (Å²) >= 11 is 0. The van der Waals surface area contributed by atoms with Crippen LogP contribution in [0.5, 0.6) is 0 Å². The van der Waals surface area contributed by atoms with Crippen molar-refractivity contribution in [2.75, 3.05) is 16.8 Å². The van der Waals surface area contributed by atoms with Crippen molar-refractivity contribution in [2.45, 2.75) is 18.6 Å². The molecule has 1 unspecified atom stereocenters. The summed E-state index contributed by atoms with van der Waals surface area (Å²) in [5, 5.41) is 6.34. The highest BCUT2D eigenvalue weighted by atomic mass is 19.4. The monoisotopic (exact) mass is 437 g/mol. The van der Waals surface area contributed by atoms with E-state index < -0.39 is 11.7 Å². The fourth-order valence-corrected chi connectivity index (χ4v) is 3.90. The van der Waals surface area contributed by atoms with Crippen molar-refractivity contribution in [3.05, 3.63) is 96.6 Å². The lowest BCUT2D eigenvalue weighted by molar-refractivity contribution is -0.137. The first-order valence-corrected chi connectivity index (χ1v) is 10.2. The molecule has 0 spiro atoms. The van der Waals surface area contributed by atoms with Gasteiger partial charge in [-0.2, -0.15) is 13.2 Å². The lowest BCUT2D eigenvalue weighted by atomic mass is 9.95. The van der Waals surface area contributed by atoms with Crippen LogP contribution < -0.4 is 15.5 Å². The molecule has 0 radical (unpaired) electrons. The fourth-order valence-electron chi connectivity index (χ4n) is 3.90. The van der Waals surface area contributed by atoms with E-state index in [1.807, 2.05) is 53.4 Å². The summed E-state index contributed by atoms with van der Waals surface area (Å²) in [6, 6.07) is 20.3. The maximum atomic E-state index is 13.0. The number of anilines is 4. The van der Waals surface area contributed by atoms with Gasteiger partial charge in [-0.1, -0.05) is 30.8 Å². The molecule has 164 valence electrons. The molecule has 3 aromatic rings. The summed E-state index contributed by atoms with van der Waals surface area (Å²) in [7, 11) is 0. The minimum atomic E-state index is -4.40. The summed E-state index contributed by atoms with van der Waals surface area (Å²) in [5.41, 5.74) is 3.57. The molecule has 1 atom stereocenters. The van der Waals surface area contributed by atoms with E-state index in [9.17, 15) is 18.0 Å². The summed E-state index contributed by atoms with van der Waals surface area (Å²) in [6.07, 6.45) is -2.61. The number of carbonyl (C=O) groups excluding carboxylic acids is 1. The van der Waals surface area contributed by atoms with Crippen LogP contribution in [-0.4, -0.2) is 18.5 Å². The molecule has 1 heterocycles. The van der Waals surface area contributed by atoms with Crippen LogP contribution in [-0.2, 0) is 17.4 Å². The van der Waals surface area contributed by atoms with E-state index in [0.29, 0.717) is 18.7 Å². The topological polar surface area (TPSA) is 44.4 Å². The maximum Gasteiger partial charge on any atom is 0.416 e. The minimum absolute atomic E-state index is 0.242. The number of benzene rings is 3. The van der Waals surface area contributed by atoms with E-state index in [4.69, 9.17) is 0 Å². The molecule has 4 rings (SSSR count). The first-order chi connectivity index (χ1) is 15.3. The van der Waals surface area contributed by atoms with E-state index in [1.54, 1.807) is 0 Å². The Hall–Kier alpha value is -3.74. The molecular weight excluding hydrogens is 415 g/mol. The quantitative estimate of drug-likeness (QED) is 0.495. The maximum absolute atomic E-state index is 13.0. The molecule has 0 bridgehead atoms. The number of hydrogen-bond acceptors (Lipinski definition) is 3. The van der Waals surface area contributed by atoms with Crippen LogP contribution in [0.25, 0.3) is 0 Å². The highest BCUT2D eigenvalue weighted by Crippen LogP contribution is 2.39. The minimum Gasteiger partial charge on any atom is -0.355 e. The van der Waals surface area contributed by atoms with Crippen LogP contribution in [0.2, 0.25) is 0 Å². The van der Waals surface area contributed by atoms with Crippen molar-refractivity contribution in [2.24, 2.45) is 0 Å². The highest BCUT2D eigenvalue weighted by molar-refractivity contribution is 5.87. The van der Waals surface area contributed by atoms with Crippen LogP contribution in [0.4, 0.5) is 35.9 Å². The first-order valence-electron chi connectivity index (χ1n) is 10.2. The fraction of sp³-hybridized carbons (Fsp3) is 0.160. The van der Waals surface area contributed by atoms with Crippen molar-refractivity contribution in [3.8, 4) is 0 Å². The van der Waals surface area contributed by atoms with Crippen LogP contribution in [0, 0.1) is 0 Å². The Morgan fingerprint density at radius 3 is 2.38 bits per heavy atom. The first kappa shape index (κ1) is 21.5. The van der Waals surface area contributed by atoms with Crippen molar-refractivity contribution >= 4 is 28.7 Å². The molecule has 0 saturated heterocycles. The lowest BCUT2D eigenvalue weighted by Gasteiger charge is -2.37. The number of amides is 1. The van der Waals surface area contributed by atoms with Crippen LogP contribution in [0.3, 0.4) is 0 Å². The Morgan fingerprint density at radius 2 is 1.72 bits per heavy atom. The predicted octanol–water partition coefficient (Wildman–Crippen LogP) is 5.81. The number of nitrogens with zero attached hydrogens (tertiary/aromatic N) is 1. The number of hydrogen-bond donors (Lipinski definition) is 2. The second kappa shape index (κ2) is 8.78. The Balaban J connectivity index is 1.73. The Bertz CT molecular complexity index is 1110. The van der Waals surface area contributed by atoms with Crippen molar-refractivity contribution in [1.82, 2.24) is 5.32 Å². The molecule has 0 aliphatic carbocycles. The Labute approximate surface area is 184 Å². The normalized spacial score (nSPS) is 15.6. The number of para-hydroxylation sites is 1. The number of rotatable bonds is 5. The summed E-state index contributed by atoms with van der Waals surface area (Å²) < 4.78 is 39.1. The second-order valence-electron chi connectivity index (χ2n) is 7.56. The molecule has 0 saturated carbocycles. The van der Waals surface area contributed by atoms with Gasteiger partial charge in [0.15, 0.2) is 0 Å². The average molecular weight is 437 g/mol. The molecule has 1 aliphatic heterocycles. The van der Waals surface area contributed by atoms with Crippen molar-refractivity contribution in [3.63, 3.8) is 0 Å². The van der Waals surface area contributed by atoms with E-state index in [0.717, 1.165) is 34.8 Å². The van der Waals surface area contributed by atoms with Gasteiger partial charge >= 0.3 is 6.18 Å². The molecule has 0 fully saturated rings. The molecule has 1 amide bonds. The van der Waals surface area contributed by atoms with E-state index in [1.165, 1.54) is 18.2 Å². The zero-order valence-corrected chi connectivity index (χ0v) is 17.2. The number of halogens is 3. The van der Waals surface area contributed by atoms with Gasteiger partial charge in [-0.05, 0) is 61.0 Å². The largest absolute Gasteiger partial charge is 0.416 e. The highest BCUT2D eigenvalue weighted by Gasteiger charge is 2.32. The van der Waals surface area contributed by atoms with E-state index in [2.05, 4.69) is 17.2 Å². The lowest BCUT2D eigenvalue weighted by Crippen LogP contribution is -2.46. The van der Waals surface area contributed by atoms with E-state index >= 15 is 0 Å². The Morgan fingerprint density at radius 1 is 1.00 bits per heavy atom. The molecule has 3 aromatic carbocycles. The van der Waals surface area contributed by atoms with Gasteiger partial charge in [0.1, 0.15) is 0 Å². The van der Waals surface area contributed by atoms with Gasteiger partial charge in [0, 0.05) is 34.9 Å². The van der Waals surface area contributed by atoms with Crippen LogP contribution in [0.1, 0.15) is 11.1 Å². The third kappa shape index (κ3) is 4.61. The third-order valence-electron chi connectivity index (χ3n) is 5.39. The van der Waals surface area contributed by atoms with Gasteiger partial charge in [-0.3, -0.25) is 4.79 Å². The molecule has 32 heavy (non-hydrogen) atoms. The van der Waals surface area contributed by atoms with Gasteiger partial charge in [0.2, 0.25) is 5.91 Å². The summed E-state index contributed by atoms with van der Waals surface area (Å²) in [6.45, 7) is 3.93. The van der Waals surface area contributed by atoms with E-state index in [-0.39, 0.29) is 11.9 Å². The van der Waals surface area contributed by atoms with Crippen molar-refractivity contribution < 1.29 is 18.0 Å². The summed E-state index contributed by atoms with van der Waals surface area (Å²) in [5.74, 6) is -0.292. The molecule has 2 N–H and O–H groups in total. The number of carbonyl (C=O) groups is 1.